The minimum absolute atomic E-state index is 0.303. The van der Waals surface area contributed by atoms with E-state index < -0.39 is 7.25 Å². The van der Waals surface area contributed by atoms with Gasteiger partial charge in [0.05, 0.1) is 6.61 Å². The van der Waals surface area contributed by atoms with Gasteiger partial charge in [-0.1, -0.05) is 66.7 Å². The molecule has 4 aromatic rings. The molecule has 9 heteroatoms. The first-order valence-corrected chi connectivity index (χ1v) is 10.4. The Morgan fingerprint density at radius 2 is 1.38 bits per heavy atom. The summed E-state index contributed by atoms with van der Waals surface area (Å²) in [5.41, 5.74) is 4.27. The first-order valence-electron chi connectivity index (χ1n) is 10.4. The molecule has 0 saturated carbocycles. The summed E-state index contributed by atoms with van der Waals surface area (Å²) in [6, 6.07) is 29.6. The Morgan fingerprint density at radius 3 is 1.91 bits per heavy atom. The average molecular weight is 468 g/mol. The van der Waals surface area contributed by atoms with E-state index in [-0.39, 0.29) is 5.97 Å². The molecule has 0 radical (unpaired) electrons. The van der Waals surface area contributed by atoms with E-state index in [0.29, 0.717) is 18.1 Å². The molecule has 2 aromatic carbocycles. The van der Waals surface area contributed by atoms with Gasteiger partial charge in [-0.2, -0.15) is 4.57 Å². The van der Waals surface area contributed by atoms with E-state index in [1.165, 1.54) is 0 Å². The zero-order valence-corrected chi connectivity index (χ0v) is 18.2. The van der Waals surface area contributed by atoms with Gasteiger partial charge < -0.3 is 22.0 Å². The summed E-state index contributed by atoms with van der Waals surface area (Å²) in [5.74, 6) is 0.280. The van der Waals surface area contributed by atoms with Crippen LogP contribution in [0.5, 0.6) is 0 Å². The number of carbonyl (C=O) groups is 1. The second kappa shape index (κ2) is 11.2. The van der Waals surface area contributed by atoms with Gasteiger partial charge in [0.1, 0.15) is 11.9 Å². The van der Waals surface area contributed by atoms with Crippen molar-refractivity contribution in [2.24, 2.45) is 0 Å². The monoisotopic (exact) mass is 468 g/mol. The van der Waals surface area contributed by atoms with Crippen LogP contribution in [0.25, 0.3) is 28.2 Å². The molecule has 0 aliphatic heterocycles. The lowest BCUT2D eigenvalue weighted by atomic mass is 10.0. The Kier molecular flexibility index (Phi) is 8.13. The van der Waals surface area contributed by atoms with Gasteiger partial charge in [0.15, 0.2) is 0 Å². The van der Waals surface area contributed by atoms with Gasteiger partial charge in [-0.25, -0.2) is 4.79 Å². The molecule has 0 fully saturated rings. The summed E-state index contributed by atoms with van der Waals surface area (Å²) >= 11 is 0. The standard InChI is InChI=1S/C25H21N2O2.BF4/c1-2-29-25(28)23-18-21(19-11-5-3-6-12-19)17-22(20-13-7-4-8-14-20)27(23)24-15-9-10-16-26-24;2-1(3,4)5/h3-18H,2H2,1H3;/q+1;-1. The van der Waals surface area contributed by atoms with Crippen molar-refractivity contribution in [3.63, 3.8) is 0 Å². The van der Waals surface area contributed by atoms with E-state index in [4.69, 9.17) is 4.74 Å². The summed E-state index contributed by atoms with van der Waals surface area (Å²) < 4.78 is 46.2. The molecule has 0 atom stereocenters. The number of hydrogen-bond acceptors (Lipinski definition) is 3. The van der Waals surface area contributed by atoms with Gasteiger partial charge in [-0.15, -0.1) is 0 Å². The molecule has 34 heavy (non-hydrogen) atoms. The Labute approximate surface area is 194 Å². The lowest BCUT2D eigenvalue weighted by molar-refractivity contribution is -0.591. The van der Waals surface area contributed by atoms with E-state index in [1.54, 1.807) is 6.20 Å². The predicted molar refractivity (Wildman–Crippen MR) is 123 cm³/mol. The minimum atomic E-state index is -6.00. The maximum Gasteiger partial charge on any atom is 0.673 e. The lowest BCUT2D eigenvalue weighted by Crippen LogP contribution is -2.42. The highest BCUT2D eigenvalue weighted by Gasteiger charge is 2.26. The smallest absolute Gasteiger partial charge is 0.460 e. The number of nitrogens with zero attached hydrogens (tertiary/aromatic N) is 2. The predicted octanol–water partition coefficient (Wildman–Crippen LogP) is 6.17. The van der Waals surface area contributed by atoms with Crippen molar-refractivity contribution in [2.75, 3.05) is 6.61 Å². The van der Waals surface area contributed by atoms with Crippen molar-refractivity contribution in [1.29, 1.82) is 0 Å². The van der Waals surface area contributed by atoms with E-state index in [1.807, 2.05) is 96.4 Å². The number of carbonyl (C=O) groups excluding carboxylic acids is 1. The summed E-state index contributed by atoms with van der Waals surface area (Å²) in [6.07, 6.45) is 1.72. The molecule has 0 bridgehead atoms. The van der Waals surface area contributed by atoms with Gasteiger partial charge in [-0.3, -0.25) is 0 Å². The molecular weight excluding hydrogens is 447 g/mol. The highest BCUT2D eigenvalue weighted by atomic mass is 19.5. The second-order valence-corrected chi connectivity index (χ2v) is 6.99. The zero-order valence-electron chi connectivity index (χ0n) is 18.2. The van der Waals surface area contributed by atoms with Crippen LogP contribution in [0.15, 0.2) is 97.2 Å². The largest absolute Gasteiger partial charge is 0.673 e. The average Bonchev–Trinajstić information content (AvgIpc) is 2.84. The van der Waals surface area contributed by atoms with Crippen LogP contribution in [0.1, 0.15) is 17.4 Å². The fraction of sp³-hybridized carbons (Fsp3) is 0.0800. The summed E-state index contributed by atoms with van der Waals surface area (Å²) in [5, 5.41) is 0. The fourth-order valence-corrected chi connectivity index (χ4v) is 3.30. The molecule has 174 valence electrons. The first kappa shape index (κ1) is 24.6. The van der Waals surface area contributed by atoms with Gasteiger partial charge in [0.25, 0.3) is 0 Å². The molecule has 0 amide bonds. The molecule has 0 spiro atoms. The third-order valence-electron chi connectivity index (χ3n) is 4.61. The van der Waals surface area contributed by atoms with E-state index in [9.17, 15) is 22.1 Å². The van der Waals surface area contributed by atoms with E-state index in [2.05, 4.69) is 11.1 Å². The van der Waals surface area contributed by atoms with Crippen molar-refractivity contribution in [2.45, 2.75) is 6.92 Å². The second-order valence-electron chi connectivity index (χ2n) is 6.99. The molecule has 4 nitrogen and oxygen atoms in total. The maximum absolute atomic E-state index is 12.9. The molecule has 2 aromatic heterocycles. The SMILES string of the molecule is CCOC(=O)c1cc(-c2ccccc2)cc(-c2ccccc2)[n+]1-c1ccccn1.F[B-](F)(F)F. The molecule has 0 N–H and O–H groups in total. The zero-order chi connectivity index (χ0) is 24.6. The number of halogens is 4. The van der Waals surface area contributed by atoms with Crippen LogP contribution in [0.2, 0.25) is 0 Å². The van der Waals surface area contributed by atoms with Crippen LogP contribution >= 0.6 is 0 Å². The van der Waals surface area contributed by atoms with E-state index >= 15 is 0 Å². The maximum atomic E-state index is 12.9. The molecule has 0 saturated heterocycles. The van der Waals surface area contributed by atoms with Gasteiger partial charge in [0, 0.05) is 17.7 Å². The van der Waals surface area contributed by atoms with Crippen LogP contribution in [0.4, 0.5) is 17.3 Å². The summed E-state index contributed by atoms with van der Waals surface area (Å²) in [6.45, 7) is 2.11. The van der Waals surface area contributed by atoms with Crippen LogP contribution in [0.3, 0.4) is 0 Å². The number of aromatic nitrogens is 2. The number of pyridine rings is 2. The Bertz CT molecular complexity index is 1220. The number of benzene rings is 2. The molecule has 0 aliphatic rings. The highest BCUT2D eigenvalue weighted by molar-refractivity contribution is 6.50. The minimum Gasteiger partial charge on any atom is -0.460 e. The first-order chi connectivity index (χ1) is 16.3. The van der Waals surface area contributed by atoms with Crippen LogP contribution in [-0.4, -0.2) is 24.8 Å². The van der Waals surface area contributed by atoms with Gasteiger partial charge in [0.2, 0.25) is 5.69 Å². The fourth-order valence-electron chi connectivity index (χ4n) is 3.30. The molecule has 2 heterocycles. The van der Waals surface area contributed by atoms with Crippen molar-refractivity contribution in [1.82, 2.24) is 4.98 Å². The lowest BCUT2D eigenvalue weighted by Gasteiger charge is -2.13. The van der Waals surface area contributed by atoms with Crippen LogP contribution in [0, 0.1) is 0 Å². The van der Waals surface area contributed by atoms with Crippen LogP contribution in [-0.2, 0) is 4.74 Å². The number of hydrogen-bond donors (Lipinski definition) is 0. The quantitative estimate of drug-likeness (QED) is 0.152. The normalized spacial score (nSPS) is 10.7. The third kappa shape index (κ3) is 6.75. The summed E-state index contributed by atoms with van der Waals surface area (Å²) in [4.78, 5) is 17.4. The molecule has 4 rings (SSSR count). The Morgan fingerprint density at radius 1 is 0.824 bits per heavy atom. The topological polar surface area (TPSA) is 43.1 Å². The van der Waals surface area contributed by atoms with E-state index in [0.717, 1.165) is 22.4 Å². The Hall–Kier alpha value is -4.01. The van der Waals surface area contributed by atoms with Crippen molar-refractivity contribution in [3.8, 4) is 28.2 Å². The number of ether oxygens (including phenoxy) is 1. The van der Waals surface area contributed by atoms with Crippen molar-refractivity contribution in [3.05, 3.63) is 103 Å². The van der Waals surface area contributed by atoms with Gasteiger partial charge in [-0.05, 0) is 35.2 Å². The molecular formula is C25H21BF4N2O2. The summed E-state index contributed by atoms with van der Waals surface area (Å²) in [7, 11) is -6.00. The van der Waals surface area contributed by atoms with Gasteiger partial charge >= 0.3 is 19.0 Å². The third-order valence-corrected chi connectivity index (χ3v) is 4.61. The molecule has 0 unspecified atom stereocenters. The molecule has 0 aliphatic carbocycles. The highest BCUT2D eigenvalue weighted by Crippen LogP contribution is 2.26. The number of rotatable bonds is 5. The van der Waals surface area contributed by atoms with Crippen molar-refractivity contribution >= 4 is 13.2 Å². The van der Waals surface area contributed by atoms with Crippen molar-refractivity contribution < 1.29 is 31.4 Å². The number of esters is 1. The Balaban J connectivity index is 0.000000588. The van der Waals surface area contributed by atoms with Crippen LogP contribution < -0.4 is 4.57 Å².